The number of hydrogen-bond acceptors (Lipinski definition) is 2. The predicted molar refractivity (Wildman–Crippen MR) is 71.1 cm³/mol. The molecule has 0 aliphatic carbocycles. The van der Waals surface area contributed by atoms with Gasteiger partial charge in [0.05, 0.1) is 6.54 Å². The van der Waals surface area contributed by atoms with E-state index < -0.39 is 24.9 Å². The standard InChI is InChI=1S/C14H18F2N2O2/c1-10(17-11(2)19)14(20)18(9-13(15)16)8-12-6-4-3-5-7-12/h3-7,10,13H,8-9H2,1-2H3,(H,17,19). The molecule has 0 saturated heterocycles. The van der Waals surface area contributed by atoms with E-state index in [2.05, 4.69) is 5.32 Å². The highest BCUT2D eigenvalue weighted by atomic mass is 19.3. The molecule has 0 aromatic heterocycles. The Morgan fingerprint density at radius 3 is 2.35 bits per heavy atom. The summed E-state index contributed by atoms with van der Waals surface area (Å²) in [5.74, 6) is -0.896. The van der Waals surface area contributed by atoms with Crippen molar-refractivity contribution < 1.29 is 18.4 Å². The molecule has 0 aliphatic heterocycles. The van der Waals surface area contributed by atoms with E-state index in [0.29, 0.717) is 0 Å². The van der Waals surface area contributed by atoms with Gasteiger partial charge in [-0.05, 0) is 12.5 Å². The van der Waals surface area contributed by atoms with Crippen molar-refractivity contribution in [2.24, 2.45) is 0 Å². The Balaban J connectivity index is 2.78. The van der Waals surface area contributed by atoms with Gasteiger partial charge in [0.25, 0.3) is 6.43 Å². The predicted octanol–water partition coefficient (Wildman–Crippen LogP) is 1.80. The molecule has 0 spiro atoms. The molecule has 0 radical (unpaired) electrons. The fourth-order valence-corrected chi connectivity index (χ4v) is 1.84. The minimum Gasteiger partial charge on any atom is -0.345 e. The average molecular weight is 284 g/mol. The highest BCUT2D eigenvalue weighted by Gasteiger charge is 2.23. The molecule has 6 heteroatoms. The molecule has 1 atom stereocenters. The quantitative estimate of drug-likeness (QED) is 0.866. The fraction of sp³-hybridized carbons (Fsp3) is 0.429. The van der Waals surface area contributed by atoms with E-state index in [1.807, 2.05) is 6.07 Å². The van der Waals surface area contributed by atoms with Crippen LogP contribution < -0.4 is 5.32 Å². The molecule has 1 N–H and O–H groups in total. The van der Waals surface area contributed by atoms with E-state index in [-0.39, 0.29) is 12.5 Å². The maximum Gasteiger partial charge on any atom is 0.255 e. The smallest absolute Gasteiger partial charge is 0.255 e. The molecular weight excluding hydrogens is 266 g/mol. The lowest BCUT2D eigenvalue weighted by atomic mass is 10.2. The minimum atomic E-state index is -2.62. The summed E-state index contributed by atoms with van der Waals surface area (Å²) in [5.41, 5.74) is 0.761. The number of hydrogen-bond donors (Lipinski definition) is 1. The molecule has 20 heavy (non-hydrogen) atoms. The maximum absolute atomic E-state index is 12.6. The van der Waals surface area contributed by atoms with E-state index in [9.17, 15) is 18.4 Å². The summed E-state index contributed by atoms with van der Waals surface area (Å²) in [5, 5.41) is 2.41. The number of carbonyl (C=O) groups is 2. The van der Waals surface area contributed by atoms with E-state index in [1.165, 1.54) is 13.8 Å². The second-order valence-electron chi connectivity index (χ2n) is 4.52. The van der Waals surface area contributed by atoms with Crippen LogP contribution in [-0.4, -0.2) is 35.7 Å². The van der Waals surface area contributed by atoms with E-state index in [1.54, 1.807) is 24.3 Å². The number of rotatable bonds is 6. The number of nitrogens with one attached hydrogen (secondary N) is 1. The van der Waals surface area contributed by atoms with E-state index >= 15 is 0 Å². The first-order valence-corrected chi connectivity index (χ1v) is 6.28. The zero-order valence-corrected chi connectivity index (χ0v) is 11.5. The van der Waals surface area contributed by atoms with Crippen molar-refractivity contribution in [1.29, 1.82) is 0 Å². The summed E-state index contributed by atoms with van der Waals surface area (Å²) in [6.45, 7) is 2.19. The average Bonchev–Trinajstić information content (AvgIpc) is 2.37. The van der Waals surface area contributed by atoms with Crippen molar-refractivity contribution in [2.45, 2.75) is 32.9 Å². The van der Waals surface area contributed by atoms with Gasteiger partial charge in [0.2, 0.25) is 11.8 Å². The van der Waals surface area contributed by atoms with Crippen molar-refractivity contribution in [1.82, 2.24) is 10.2 Å². The third kappa shape index (κ3) is 5.34. The SMILES string of the molecule is CC(=O)NC(C)C(=O)N(Cc1ccccc1)CC(F)F. The van der Waals surface area contributed by atoms with Crippen molar-refractivity contribution in [3.8, 4) is 0 Å². The monoisotopic (exact) mass is 284 g/mol. The molecular formula is C14H18F2N2O2. The lowest BCUT2D eigenvalue weighted by Gasteiger charge is -2.25. The third-order valence-electron chi connectivity index (χ3n) is 2.68. The van der Waals surface area contributed by atoms with Gasteiger partial charge >= 0.3 is 0 Å². The van der Waals surface area contributed by atoms with Gasteiger partial charge in [-0.25, -0.2) is 8.78 Å². The second-order valence-corrected chi connectivity index (χ2v) is 4.52. The lowest BCUT2D eigenvalue weighted by Crippen LogP contribution is -2.47. The molecule has 1 unspecified atom stereocenters. The molecule has 0 fully saturated rings. The molecule has 0 bridgehead atoms. The zero-order chi connectivity index (χ0) is 15.1. The van der Waals surface area contributed by atoms with Crippen LogP contribution in [0.15, 0.2) is 30.3 Å². The van der Waals surface area contributed by atoms with Gasteiger partial charge in [-0.3, -0.25) is 9.59 Å². The number of alkyl halides is 2. The van der Waals surface area contributed by atoms with Crippen LogP contribution in [0, 0.1) is 0 Å². The first kappa shape index (κ1) is 16.1. The normalized spacial score (nSPS) is 12.1. The second kappa shape index (κ2) is 7.57. The van der Waals surface area contributed by atoms with Crippen molar-refractivity contribution in [3.63, 3.8) is 0 Å². The fourth-order valence-electron chi connectivity index (χ4n) is 1.84. The lowest BCUT2D eigenvalue weighted by molar-refractivity contribution is -0.137. The number of carbonyl (C=O) groups excluding carboxylic acids is 2. The highest BCUT2D eigenvalue weighted by Crippen LogP contribution is 2.09. The summed E-state index contributed by atoms with van der Waals surface area (Å²) < 4.78 is 25.2. The molecule has 110 valence electrons. The number of benzene rings is 1. The summed E-state index contributed by atoms with van der Waals surface area (Å²) in [6.07, 6.45) is -2.62. The molecule has 0 heterocycles. The molecule has 0 aliphatic rings. The Kier molecular flexibility index (Phi) is 6.09. The summed E-state index contributed by atoms with van der Waals surface area (Å²) in [6, 6.07) is 8.05. The Morgan fingerprint density at radius 2 is 1.85 bits per heavy atom. The third-order valence-corrected chi connectivity index (χ3v) is 2.68. The Bertz CT molecular complexity index is 452. The molecule has 1 aromatic rings. The van der Waals surface area contributed by atoms with Gasteiger partial charge in [0.15, 0.2) is 0 Å². The van der Waals surface area contributed by atoms with E-state index in [0.717, 1.165) is 10.5 Å². The highest BCUT2D eigenvalue weighted by molar-refractivity contribution is 5.86. The van der Waals surface area contributed by atoms with Crippen molar-refractivity contribution in [2.75, 3.05) is 6.54 Å². The summed E-state index contributed by atoms with van der Waals surface area (Å²) >= 11 is 0. The Morgan fingerprint density at radius 1 is 1.25 bits per heavy atom. The van der Waals surface area contributed by atoms with Crippen LogP contribution in [0.4, 0.5) is 8.78 Å². The molecule has 0 saturated carbocycles. The summed E-state index contributed by atoms with van der Waals surface area (Å²) in [4.78, 5) is 24.1. The van der Waals surface area contributed by atoms with Crippen LogP contribution in [0.25, 0.3) is 0 Å². The molecule has 4 nitrogen and oxygen atoms in total. The largest absolute Gasteiger partial charge is 0.345 e. The first-order chi connectivity index (χ1) is 9.40. The molecule has 2 amide bonds. The van der Waals surface area contributed by atoms with Crippen LogP contribution in [0.1, 0.15) is 19.4 Å². The van der Waals surface area contributed by atoms with Crippen LogP contribution >= 0.6 is 0 Å². The van der Waals surface area contributed by atoms with Gasteiger partial charge in [-0.15, -0.1) is 0 Å². The van der Waals surface area contributed by atoms with Gasteiger partial charge in [-0.2, -0.15) is 0 Å². The first-order valence-electron chi connectivity index (χ1n) is 6.28. The minimum absolute atomic E-state index is 0.0912. The van der Waals surface area contributed by atoms with E-state index in [4.69, 9.17) is 0 Å². The maximum atomic E-state index is 12.6. The molecule has 1 rings (SSSR count). The van der Waals surface area contributed by atoms with Crippen LogP contribution in [0.2, 0.25) is 0 Å². The Labute approximate surface area is 116 Å². The van der Waals surface area contributed by atoms with Crippen molar-refractivity contribution in [3.05, 3.63) is 35.9 Å². The topological polar surface area (TPSA) is 49.4 Å². The number of halogens is 2. The van der Waals surface area contributed by atoms with Crippen LogP contribution in [0.5, 0.6) is 0 Å². The number of amides is 2. The van der Waals surface area contributed by atoms with Gasteiger partial charge < -0.3 is 10.2 Å². The Hall–Kier alpha value is -1.98. The van der Waals surface area contributed by atoms with Crippen LogP contribution in [0.3, 0.4) is 0 Å². The van der Waals surface area contributed by atoms with Gasteiger partial charge in [0.1, 0.15) is 6.04 Å². The number of nitrogens with zero attached hydrogens (tertiary/aromatic N) is 1. The van der Waals surface area contributed by atoms with Gasteiger partial charge in [-0.1, -0.05) is 30.3 Å². The van der Waals surface area contributed by atoms with Crippen LogP contribution in [-0.2, 0) is 16.1 Å². The molecule has 1 aromatic carbocycles. The zero-order valence-electron chi connectivity index (χ0n) is 11.5. The van der Waals surface area contributed by atoms with Gasteiger partial charge in [0, 0.05) is 13.5 Å². The van der Waals surface area contributed by atoms with Crippen molar-refractivity contribution >= 4 is 11.8 Å². The summed E-state index contributed by atoms with van der Waals surface area (Å²) in [7, 11) is 0.